The minimum atomic E-state index is -0.309. The van der Waals surface area contributed by atoms with Crippen LogP contribution in [0.15, 0.2) is 0 Å². The summed E-state index contributed by atoms with van der Waals surface area (Å²) in [4.78, 5) is 10.6. The number of carbonyl (C=O) groups is 1. The van der Waals surface area contributed by atoms with Gasteiger partial charge in [0.1, 0.15) is 0 Å². The summed E-state index contributed by atoms with van der Waals surface area (Å²) in [7, 11) is 0. The Morgan fingerprint density at radius 2 is 1.92 bits per heavy atom. The number of ketones is 1. The van der Waals surface area contributed by atoms with Crippen molar-refractivity contribution in [2.75, 3.05) is 6.61 Å². The lowest BCUT2D eigenvalue weighted by Crippen LogP contribution is -1.95. The Bertz CT molecular complexity index is 320. The van der Waals surface area contributed by atoms with E-state index in [1.54, 1.807) is 6.92 Å². The van der Waals surface area contributed by atoms with Gasteiger partial charge in [-0.15, -0.1) is 0 Å². The zero-order valence-electron chi connectivity index (χ0n) is 6.77. The molecule has 0 aromatic carbocycles. The molecule has 0 aliphatic carbocycles. The summed E-state index contributed by atoms with van der Waals surface area (Å²) < 4.78 is 0. The summed E-state index contributed by atoms with van der Waals surface area (Å²) in [6.07, 6.45) is 0.0636. The first-order valence-electron chi connectivity index (χ1n) is 3.37. The number of aliphatic hydroxyl groups excluding tert-OH is 1. The average molecular weight is 160 g/mol. The van der Waals surface area contributed by atoms with Gasteiger partial charge in [-0.25, -0.2) is 0 Å². The van der Waals surface area contributed by atoms with Crippen molar-refractivity contribution in [1.29, 1.82) is 0 Å². The Balaban J connectivity index is 3.96. The minimum absolute atomic E-state index is 0.0636. The highest BCUT2D eigenvalue weighted by atomic mass is 16.3. The highest BCUT2D eigenvalue weighted by molar-refractivity contribution is 5.95. The lowest BCUT2D eigenvalue weighted by atomic mass is 10.3. The molecule has 2 nitrogen and oxygen atoms in total. The average Bonchev–Trinajstić information content (AvgIpc) is 2.05. The van der Waals surface area contributed by atoms with Gasteiger partial charge in [-0.05, 0) is 36.5 Å². The molecule has 0 radical (unpaired) electrons. The smallest absolute Gasteiger partial charge is 0.208 e. The van der Waals surface area contributed by atoms with Gasteiger partial charge in [0.2, 0.25) is 5.78 Å². The molecule has 0 saturated carbocycles. The highest BCUT2D eigenvalue weighted by Crippen LogP contribution is 1.76. The van der Waals surface area contributed by atoms with Gasteiger partial charge in [-0.2, -0.15) is 0 Å². The molecule has 0 aliphatic rings. The van der Waals surface area contributed by atoms with Gasteiger partial charge in [-0.3, -0.25) is 4.79 Å². The van der Waals surface area contributed by atoms with Crippen molar-refractivity contribution in [2.24, 2.45) is 0 Å². The van der Waals surface area contributed by atoms with Crippen LogP contribution in [0, 0.1) is 35.5 Å². The van der Waals surface area contributed by atoms with Crippen LogP contribution in [0.25, 0.3) is 0 Å². The Kier molecular flexibility index (Phi) is 6.37. The number of aliphatic hydroxyl groups is 1. The second-order valence-electron chi connectivity index (χ2n) is 1.77. The van der Waals surface area contributed by atoms with Crippen LogP contribution in [-0.4, -0.2) is 17.5 Å². The maximum Gasteiger partial charge on any atom is 0.208 e. The SMILES string of the molecule is CC#CC#CC#CC(=O)CCO. The summed E-state index contributed by atoms with van der Waals surface area (Å²) in [5.41, 5.74) is 0. The molecule has 0 aromatic heterocycles. The van der Waals surface area contributed by atoms with Crippen LogP contribution >= 0.6 is 0 Å². The fraction of sp³-hybridized carbons (Fsp3) is 0.300. The standard InChI is InChI=1S/C10H8O2/c1-2-3-4-5-6-7-10(12)8-9-11/h11H,8-9H2,1H3. The van der Waals surface area contributed by atoms with Crippen molar-refractivity contribution >= 4 is 5.78 Å². The van der Waals surface area contributed by atoms with Gasteiger partial charge >= 0.3 is 0 Å². The molecule has 0 aliphatic heterocycles. The maximum atomic E-state index is 10.6. The van der Waals surface area contributed by atoms with Crippen LogP contribution in [0.1, 0.15) is 13.3 Å². The molecule has 0 heterocycles. The van der Waals surface area contributed by atoms with Crippen LogP contribution in [-0.2, 0) is 4.79 Å². The monoisotopic (exact) mass is 160 g/mol. The van der Waals surface area contributed by atoms with Crippen molar-refractivity contribution < 1.29 is 9.90 Å². The topological polar surface area (TPSA) is 37.3 Å². The van der Waals surface area contributed by atoms with Crippen molar-refractivity contribution in [2.45, 2.75) is 13.3 Å². The largest absolute Gasteiger partial charge is 0.396 e. The minimum Gasteiger partial charge on any atom is -0.396 e. The molecular formula is C10H8O2. The molecule has 2 heteroatoms. The van der Waals surface area contributed by atoms with E-state index in [4.69, 9.17) is 5.11 Å². The zero-order chi connectivity index (χ0) is 9.23. The first-order chi connectivity index (χ1) is 5.81. The summed E-state index contributed by atoms with van der Waals surface area (Å²) >= 11 is 0. The van der Waals surface area contributed by atoms with E-state index in [1.165, 1.54) is 0 Å². The molecule has 0 atom stereocenters. The van der Waals surface area contributed by atoms with E-state index in [1.807, 2.05) is 0 Å². The van der Waals surface area contributed by atoms with Gasteiger partial charge in [-0.1, -0.05) is 5.92 Å². The van der Waals surface area contributed by atoms with Gasteiger partial charge < -0.3 is 5.11 Å². The lowest BCUT2D eigenvalue weighted by Gasteiger charge is -1.81. The summed E-state index contributed by atoms with van der Waals surface area (Å²) in [6.45, 7) is 1.49. The molecule has 0 rings (SSSR count). The fourth-order valence-electron chi connectivity index (χ4n) is 0.390. The van der Waals surface area contributed by atoms with Gasteiger partial charge in [0.05, 0.1) is 6.61 Å². The van der Waals surface area contributed by atoms with Crippen LogP contribution < -0.4 is 0 Å². The van der Waals surface area contributed by atoms with Crippen LogP contribution in [0.3, 0.4) is 0 Å². The van der Waals surface area contributed by atoms with Crippen molar-refractivity contribution in [3.63, 3.8) is 0 Å². The molecule has 0 aromatic rings. The Hall–Kier alpha value is -1.69. The van der Waals surface area contributed by atoms with E-state index in [2.05, 4.69) is 35.5 Å². The van der Waals surface area contributed by atoms with Crippen LogP contribution in [0.5, 0.6) is 0 Å². The van der Waals surface area contributed by atoms with Gasteiger partial charge in [0.25, 0.3) is 0 Å². The molecule has 0 saturated heterocycles. The molecule has 60 valence electrons. The number of hydrogen-bond donors (Lipinski definition) is 1. The zero-order valence-corrected chi connectivity index (χ0v) is 6.77. The molecular weight excluding hydrogens is 152 g/mol. The number of Topliss-reactive ketones (excluding diaryl/α,β-unsaturated/α-hetero) is 1. The molecule has 0 spiro atoms. The molecule has 0 fully saturated rings. The molecule has 0 amide bonds. The lowest BCUT2D eigenvalue weighted by molar-refractivity contribution is -0.114. The third kappa shape index (κ3) is 6.43. The second kappa shape index (κ2) is 7.42. The molecule has 12 heavy (non-hydrogen) atoms. The third-order valence-corrected chi connectivity index (χ3v) is 0.853. The van der Waals surface area contributed by atoms with E-state index in [9.17, 15) is 4.79 Å². The Labute approximate surface area is 72.0 Å². The van der Waals surface area contributed by atoms with Gasteiger partial charge in [0.15, 0.2) is 0 Å². The first kappa shape index (κ1) is 10.3. The summed E-state index contributed by atoms with van der Waals surface area (Å²) in [5.74, 6) is 14.1. The number of rotatable bonds is 2. The highest BCUT2D eigenvalue weighted by Gasteiger charge is 1.91. The van der Waals surface area contributed by atoms with E-state index < -0.39 is 0 Å². The van der Waals surface area contributed by atoms with Crippen molar-refractivity contribution in [3.8, 4) is 35.5 Å². The van der Waals surface area contributed by atoms with Gasteiger partial charge in [0, 0.05) is 6.42 Å². The first-order valence-corrected chi connectivity index (χ1v) is 3.37. The molecule has 1 N–H and O–H groups in total. The normalized spacial score (nSPS) is 6.17. The fourth-order valence-corrected chi connectivity index (χ4v) is 0.390. The third-order valence-electron chi connectivity index (χ3n) is 0.853. The van der Waals surface area contributed by atoms with Crippen LogP contribution in [0.4, 0.5) is 0 Å². The Morgan fingerprint density at radius 3 is 2.50 bits per heavy atom. The molecule has 0 unspecified atom stereocenters. The summed E-state index contributed by atoms with van der Waals surface area (Å²) in [5, 5.41) is 8.33. The predicted molar refractivity (Wildman–Crippen MR) is 45.7 cm³/mol. The van der Waals surface area contributed by atoms with E-state index >= 15 is 0 Å². The van der Waals surface area contributed by atoms with Crippen molar-refractivity contribution in [3.05, 3.63) is 0 Å². The maximum absolute atomic E-state index is 10.6. The van der Waals surface area contributed by atoms with E-state index in [0.717, 1.165) is 0 Å². The molecule has 0 bridgehead atoms. The number of carbonyl (C=O) groups excluding carboxylic acids is 1. The van der Waals surface area contributed by atoms with Crippen LogP contribution in [0.2, 0.25) is 0 Å². The second-order valence-corrected chi connectivity index (χ2v) is 1.77. The Morgan fingerprint density at radius 1 is 1.25 bits per heavy atom. The number of hydrogen-bond acceptors (Lipinski definition) is 2. The van der Waals surface area contributed by atoms with Crippen molar-refractivity contribution in [1.82, 2.24) is 0 Å². The van der Waals surface area contributed by atoms with E-state index in [0.29, 0.717) is 0 Å². The predicted octanol–water partition coefficient (Wildman–Crippen LogP) is -0.0320. The quantitative estimate of drug-likeness (QED) is 0.455. The van der Waals surface area contributed by atoms with E-state index in [-0.39, 0.29) is 18.8 Å². The summed E-state index contributed by atoms with van der Waals surface area (Å²) in [6, 6.07) is 0.